The first-order chi connectivity index (χ1) is 18.7. The molecule has 0 bridgehead atoms. The molecule has 4 unspecified atom stereocenters. The standard InChI is InChI=1S/C28H38N2O9/c1-17(2)15-36-25-18(3)39-28(33)22(10-6-8-20(25)14-21-9-7-13-35-21)30-27(32)24-26(38-16-37-19(4)31)23(34-5)11-12-29-24/h7,9,11-13,17-18,20,22,25H,6,8,10,14-16H2,1-5H3,(H,30,32). The molecule has 0 saturated carbocycles. The molecule has 2 aromatic heterocycles. The number of rotatable bonds is 11. The molecule has 0 spiro atoms. The van der Waals surface area contributed by atoms with E-state index in [9.17, 15) is 14.4 Å². The monoisotopic (exact) mass is 546 g/mol. The molecule has 214 valence electrons. The van der Waals surface area contributed by atoms with Crippen molar-refractivity contribution in [3.63, 3.8) is 0 Å². The highest BCUT2D eigenvalue weighted by atomic mass is 16.7. The van der Waals surface area contributed by atoms with Crippen LogP contribution < -0.4 is 14.8 Å². The fraction of sp³-hybridized carbons (Fsp3) is 0.571. The summed E-state index contributed by atoms with van der Waals surface area (Å²) in [6.45, 7) is 7.27. The number of carbonyl (C=O) groups is 3. The number of hydrogen-bond donors (Lipinski definition) is 1. The quantitative estimate of drug-likeness (QED) is 0.328. The fourth-order valence-electron chi connectivity index (χ4n) is 4.48. The van der Waals surface area contributed by atoms with Gasteiger partial charge in [-0.15, -0.1) is 0 Å². The van der Waals surface area contributed by atoms with Gasteiger partial charge >= 0.3 is 11.9 Å². The molecular weight excluding hydrogens is 508 g/mol. The Bertz CT molecular complexity index is 1090. The van der Waals surface area contributed by atoms with E-state index < -0.39 is 36.8 Å². The minimum Gasteiger partial charge on any atom is -0.493 e. The number of cyclic esters (lactones) is 1. The van der Waals surface area contributed by atoms with Crippen molar-refractivity contribution in [1.29, 1.82) is 0 Å². The molecule has 1 amide bonds. The van der Waals surface area contributed by atoms with Crippen molar-refractivity contribution >= 4 is 17.8 Å². The van der Waals surface area contributed by atoms with E-state index in [2.05, 4.69) is 24.1 Å². The van der Waals surface area contributed by atoms with Crippen molar-refractivity contribution < 1.29 is 42.5 Å². The maximum atomic E-state index is 13.3. The number of hydrogen-bond acceptors (Lipinski definition) is 10. The second kappa shape index (κ2) is 14.5. The first kappa shape index (κ1) is 29.9. The summed E-state index contributed by atoms with van der Waals surface area (Å²) in [7, 11) is 1.41. The number of nitrogens with zero attached hydrogens (tertiary/aromatic N) is 1. The van der Waals surface area contributed by atoms with Crippen LogP contribution in [-0.4, -0.2) is 61.6 Å². The third-order valence-corrected chi connectivity index (χ3v) is 6.32. The number of esters is 2. The fourth-order valence-corrected chi connectivity index (χ4v) is 4.48. The lowest BCUT2D eigenvalue weighted by Crippen LogP contribution is -2.45. The summed E-state index contributed by atoms with van der Waals surface area (Å²) in [5.74, 6) is -0.349. The van der Waals surface area contributed by atoms with Crippen LogP contribution in [0.4, 0.5) is 0 Å². The SMILES string of the molecule is COc1ccnc(C(=O)NC2CCCC(Cc3ccco3)C(OCC(C)C)C(C)OC2=O)c1OCOC(C)=O. The number of amides is 1. The molecule has 0 aromatic carbocycles. The van der Waals surface area contributed by atoms with Crippen molar-refractivity contribution in [2.75, 3.05) is 20.5 Å². The molecule has 1 fully saturated rings. The van der Waals surface area contributed by atoms with Gasteiger partial charge in [0.05, 0.1) is 19.5 Å². The smallest absolute Gasteiger partial charge is 0.329 e. The van der Waals surface area contributed by atoms with Crippen LogP contribution in [0, 0.1) is 11.8 Å². The van der Waals surface area contributed by atoms with Crippen LogP contribution in [0.25, 0.3) is 0 Å². The third-order valence-electron chi connectivity index (χ3n) is 6.32. The molecule has 11 heteroatoms. The topological polar surface area (TPSA) is 135 Å². The van der Waals surface area contributed by atoms with Gasteiger partial charge in [0.1, 0.15) is 17.9 Å². The highest BCUT2D eigenvalue weighted by Crippen LogP contribution is 2.31. The molecule has 4 atom stereocenters. The molecule has 0 aliphatic carbocycles. The number of nitrogens with one attached hydrogen (secondary N) is 1. The Morgan fingerprint density at radius 3 is 2.69 bits per heavy atom. The van der Waals surface area contributed by atoms with Gasteiger partial charge < -0.3 is 33.4 Å². The summed E-state index contributed by atoms with van der Waals surface area (Å²) in [6, 6.07) is 4.36. The van der Waals surface area contributed by atoms with Crippen LogP contribution in [0.3, 0.4) is 0 Å². The van der Waals surface area contributed by atoms with Gasteiger partial charge in [-0.3, -0.25) is 9.59 Å². The van der Waals surface area contributed by atoms with E-state index in [1.54, 1.807) is 6.26 Å². The highest BCUT2D eigenvalue weighted by Gasteiger charge is 2.36. The predicted molar refractivity (Wildman–Crippen MR) is 139 cm³/mol. The normalized spacial score (nSPS) is 21.7. The number of carbonyl (C=O) groups excluding carboxylic acids is 3. The van der Waals surface area contributed by atoms with Crippen molar-refractivity contribution in [3.8, 4) is 11.5 Å². The van der Waals surface area contributed by atoms with Gasteiger partial charge in [0, 0.05) is 32.2 Å². The Morgan fingerprint density at radius 2 is 2.03 bits per heavy atom. The van der Waals surface area contributed by atoms with Gasteiger partial charge in [-0.25, -0.2) is 9.78 Å². The van der Waals surface area contributed by atoms with Crippen LogP contribution in [0.5, 0.6) is 11.5 Å². The van der Waals surface area contributed by atoms with Crippen molar-refractivity contribution in [2.24, 2.45) is 11.8 Å². The average molecular weight is 547 g/mol. The van der Waals surface area contributed by atoms with Crippen molar-refractivity contribution in [3.05, 3.63) is 42.1 Å². The third kappa shape index (κ3) is 8.71. The van der Waals surface area contributed by atoms with Crippen LogP contribution in [-0.2, 0) is 30.2 Å². The van der Waals surface area contributed by atoms with Gasteiger partial charge in [0.25, 0.3) is 5.91 Å². The Balaban J connectivity index is 1.77. The number of methoxy groups -OCH3 is 1. The minimum atomic E-state index is -0.914. The lowest BCUT2D eigenvalue weighted by atomic mass is 9.88. The minimum absolute atomic E-state index is 0.00999. The second-order valence-corrected chi connectivity index (χ2v) is 9.92. The van der Waals surface area contributed by atoms with E-state index in [4.69, 9.17) is 28.1 Å². The molecule has 1 N–H and O–H groups in total. The molecule has 3 heterocycles. The summed E-state index contributed by atoms with van der Waals surface area (Å²) >= 11 is 0. The van der Waals surface area contributed by atoms with E-state index in [1.807, 2.05) is 19.1 Å². The molecule has 3 rings (SSSR count). The van der Waals surface area contributed by atoms with E-state index in [-0.39, 0.29) is 29.2 Å². The van der Waals surface area contributed by atoms with Crippen LogP contribution >= 0.6 is 0 Å². The molecule has 39 heavy (non-hydrogen) atoms. The summed E-state index contributed by atoms with van der Waals surface area (Å²) in [6.07, 6.45) is 4.52. The largest absolute Gasteiger partial charge is 0.493 e. The van der Waals surface area contributed by atoms with Gasteiger partial charge in [0.15, 0.2) is 17.2 Å². The summed E-state index contributed by atoms with van der Waals surface area (Å²) in [5, 5.41) is 2.74. The zero-order valence-corrected chi connectivity index (χ0v) is 23.1. The molecule has 11 nitrogen and oxygen atoms in total. The molecule has 1 aliphatic rings. The first-order valence-electron chi connectivity index (χ1n) is 13.1. The van der Waals surface area contributed by atoms with Crippen molar-refractivity contribution in [1.82, 2.24) is 10.3 Å². The molecule has 2 aromatic rings. The zero-order chi connectivity index (χ0) is 28.4. The van der Waals surface area contributed by atoms with Crippen LogP contribution in [0.2, 0.25) is 0 Å². The Morgan fingerprint density at radius 1 is 1.23 bits per heavy atom. The van der Waals surface area contributed by atoms with E-state index in [0.717, 1.165) is 12.2 Å². The van der Waals surface area contributed by atoms with Gasteiger partial charge in [-0.1, -0.05) is 20.3 Å². The molecule has 0 radical (unpaired) electrons. The van der Waals surface area contributed by atoms with Gasteiger partial charge in [-0.05, 0) is 43.7 Å². The Kier molecular flexibility index (Phi) is 11.2. The highest BCUT2D eigenvalue weighted by molar-refractivity contribution is 5.98. The Hall–Kier alpha value is -3.60. The summed E-state index contributed by atoms with van der Waals surface area (Å²) < 4.78 is 33.3. The van der Waals surface area contributed by atoms with Crippen LogP contribution in [0.1, 0.15) is 63.2 Å². The van der Waals surface area contributed by atoms with Crippen molar-refractivity contribution in [2.45, 2.75) is 71.6 Å². The molecular formula is C28H38N2O9. The van der Waals surface area contributed by atoms with Gasteiger partial charge in [0.2, 0.25) is 6.79 Å². The number of pyridine rings is 1. The van der Waals surface area contributed by atoms with Gasteiger partial charge in [-0.2, -0.15) is 0 Å². The lowest BCUT2D eigenvalue weighted by Gasteiger charge is -2.31. The maximum Gasteiger partial charge on any atom is 0.329 e. The number of ether oxygens (including phenoxy) is 5. The van der Waals surface area contributed by atoms with Crippen LogP contribution in [0.15, 0.2) is 35.1 Å². The Labute approximate surface area is 228 Å². The van der Waals surface area contributed by atoms with E-state index in [0.29, 0.717) is 31.8 Å². The van der Waals surface area contributed by atoms with E-state index >= 15 is 0 Å². The predicted octanol–water partition coefficient (Wildman–Crippen LogP) is 3.70. The lowest BCUT2D eigenvalue weighted by molar-refractivity contribution is -0.161. The van der Waals surface area contributed by atoms with E-state index in [1.165, 1.54) is 26.3 Å². The average Bonchev–Trinajstić information content (AvgIpc) is 3.41. The molecule has 1 aliphatic heterocycles. The molecule has 1 saturated heterocycles. The zero-order valence-electron chi connectivity index (χ0n) is 23.1. The second-order valence-electron chi connectivity index (χ2n) is 9.92. The maximum absolute atomic E-state index is 13.3. The number of furan rings is 1. The number of aromatic nitrogens is 1. The summed E-state index contributed by atoms with van der Waals surface area (Å²) in [5.41, 5.74) is -0.115. The first-order valence-corrected chi connectivity index (χ1v) is 13.1. The summed E-state index contributed by atoms with van der Waals surface area (Å²) in [4.78, 5) is 41.7.